The Labute approximate surface area is 211 Å². The monoisotopic (exact) mass is 532 g/mol. The third kappa shape index (κ3) is 5.12. The molecule has 0 aliphatic rings. The number of nitrogens with zero attached hydrogens (tertiary/aromatic N) is 1. The van der Waals surface area contributed by atoms with E-state index in [1.54, 1.807) is 24.3 Å². The van der Waals surface area contributed by atoms with Crippen molar-refractivity contribution < 1.29 is 14.4 Å². The number of aromatic nitrogens is 1. The van der Waals surface area contributed by atoms with Crippen molar-refractivity contribution in [3.8, 4) is 0 Å². The predicted octanol–water partition coefficient (Wildman–Crippen LogP) is 5.60. The standard InChI is InChI=1S/C27H25BrN4O3/c1-15-8-9-17(3)22(12-15)30-26(34)27(35)31-32-23-11-10-20(28)13-19(23)14-24(32)25(33)29-21-7-5-6-16(2)18(21)4/h5-14H,1-4H3,(H,29,33)(H,30,34)(H,31,35). The smallest absolute Gasteiger partial charge is 0.320 e. The van der Waals surface area contributed by atoms with Gasteiger partial charge in [-0.15, -0.1) is 0 Å². The summed E-state index contributed by atoms with van der Waals surface area (Å²) in [6.45, 7) is 7.64. The summed E-state index contributed by atoms with van der Waals surface area (Å²) in [6.07, 6.45) is 0. The van der Waals surface area contributed by atoms with Gasteiger partial charge in [-0.25, -0.2) is 4.68 Å². The zero-order valence-corrected chi connectivity index (χ0v) is 21.4. The van der Waals surface area contributed by atoms with Crippen molar-refractivity contribution >= 4 is 55.9 Å². The number of rotatable bonds is 4. The molecule has 0 unspecified atom stereocenters. The average Bonchev–Trinajstić information content (AvgIpc) is 3.16. The molecule has 35 heavy (non-hydrogen) atoms. The first-order valence-corrected chi connectivity index (χ1v) is 11.8. The minimum Gasteiger partial charge on any atom is -0.320 e. The topological polar surface area (TPSA) is 92.2 Å². The summed E-state index contributed by atoms with van der Waals surface area (Å²) in [4.78, 5) is 38.9. The number of carbonyl (C=O) groups is 3. The summed E-state index contributed by atoms with van der Waals surface area (Å²) in [5.41, 5.74) is 8.36. The molecule has 3 aromatic carbocycles. The highest BCUT2D eigenvalue weighted by Crippen LogP contribution is 2.25. The SMILES string of the molecule is Cc1ccc(C)c(NC(=O)C(=O)Nn2c(C(=O)Nc3cccc(C)c3C)cc3cc(Br)ccc32)c1. The summed E-state index contributed by atoms with van der Waals surface area (Å²) in [7, 11) is 0. The highest BCUT2D eigenvalue weighted by molar-refractivity contribution is 9.10. The second kappa shape index (κ2) is 9.76. The van der Waals surface area contributed by atoms with E-state index in [1.807, 2.05) is 64.1 Å². The van der Waals surface area contributed by atoms with Crippen LogP contribution in [-0.2, 0) is 9.59 Å². The molecule has 3 amide bonds. The molecule has 1 heterocycles. The molecule has 7 nitrogen and oxygen atoms in total. The third-order valence-electron chi connectivity index (χ3n) is 5.91. The zero-order valence-electron chi connectivity index (χ0n) is 19.8. The van der Waals surface area contributed by atoms with Gasteiger partial charge in [0.05, 0.1) is 5.52 Å². The van der Waals surface area contributed by atoms with Crippen LogP contribution in [-0.4, -0.2) is 22.4 Å². The normalized spacial score (nSPS) is 10.8. The van der Waals surface area contributed by atoms with Gasteiger partial charge in [0.1, 0.15) is 5.69 Å². The number of nitrogens with one attached hydrogen (secondary N) is 3. The molecule has 0 bridgehead atoms. The summed E-state index contributed by atoms with van der Waals surface area (Å²) in [6, 6.07) is 18.3. The molecule has 4 aromatic rings. The fraction of sp³-hybridized carbons (Fsp3) is 0.148. The van der Waals surface area contributed by atoms with Crippen LogP contribution in [0.2, 0.25) is 0 Å². The first-order chi connectivity index (χ1) is 16.6. The summed E-state index contributed by atoms with van der Waals surface area (Å²) in [5.74, 6) is -2.15. The van der Waals surface area contributed by atoms with Crippen molar-refractivity contribution in [2.24, 2.45) is 0 Å². The number of amides is 3. The maximum absolute atomic E-state index is 13.3. The first-order valence-electron chi connectivity index (χ1n) is 11.0. The minimum atomic E-state index is -0.896. The minimum absolute atomic E-state index is 0.187. The predicted molar refractivity (Wildman–Crippen MR) is 142 cm³/mol. The van der Waals surface area contributed by atoms with E-state index < -0.39 is 17.7 Å². The van der Waals surface area contributed by atoms with Crippen LogP contribution in [0.3, 0.4) is 0 Å². The molecule has 1 aromatic heterocycles. The van der Waals surface area contributed by atoms with Gasteiger partial charge in [-0.2, -0.15) is 0 Å². The van der Waals surface area contributed by atoms with Crippen molar-refractivity contribution in [3.05, 3.63) is 93.1 Å². The van der Waals surface area contributed by atoms with Crippen molar-refractivity contribution in [2.45, 2.75) is 27.7 Å². The van der Waals surface area contributed by atoms with E-state index in [4.69, 9.17) is 0 Å². The number of fused-ring (bicyclic) bond motifs is 1. The number of carbonyl (C=O) groups excluding carboxylic acids is 3. The average molecular weight is 533 g/mol. The molecule has 3 N–H and O–H groups in total. The second-order valence-corrected chi connectivity index (χ2v) is 9.40. The lowest BCUT2D eigenvalue weighted by Crippen LogP contribution is -2.36. The molecule has 0 radical (unpaired) electrons. The molecule has 0 aliphatic heterocycles. The van der Waals surface area contributed by atoms with E-state index in [2.05, 4.69) is 32.0 Å². The molecule has 8 heteroatoms. The van der Waals surface area contributed by atoms with Crippen molar-refractivity contribution in [3.63, 3.8) is 0 Å². The van der Waals surface area contributed by atoms with Crippen LogP contribution >= 0.6 is 15.9 Å². The van der Waals surface area contributed by atoms with Gasteiger partial charge in [-0.1, -0.05) is 40.2 Å². The Morgan fingerprint density at radius 2 is 1.54 bits per heavy atom. The van der Waals surface area contributed by atoms with Crippen molar-refractivity contribution in [1.29, 1.82) is 0 Å². The van der Waals surface area contributed by atoms with Crippen LogP contribution < -0.4 is 16.1 Å². The van der Waals surface area contributed by atoms with Gasteiger partial charge in [0, 0.05) is 21.2 Å². The van der Waals surface area contributed by atoms with Gasteiger partial charge in [0.2, 0.25) is 0 Å². The number of aryl methyl sites for hydroxylation is 3. The molecule has 0 saturated carbocycles. The first kappa shape index (κ1) is 24.2. The van der Waals surface area contributed by atoms with Crippen LogP contribution in [0.4, 0.5) is 11.4 Å². The van der Waals surface area contributed by atoms with E-state index >= 15 is 0 Å². The fourth-order valence-corrected chi connectivity index (χ4v) is 4.13. The van der Waals surface area contributed by atoms with Crippen LogP contribution in [0, 0.1) is 27.7 Å². The number of hydrogen-bond donors (Lipinski definition) is 3. The van der Waals surface area contributed by atoms with Gasteiger partial charge < -0.3 is 10.6 Å². The maximum atomic E-state index is 13.3. The highest BCUT2D eigenvalue weighted by Gasteiger charge is 2.22. The number of benzene rings is 3. The Morgan fingerprint density at radius 3 is 2.31 bits per heavy atom. The molecule has 0 saturated heterocycles. The molecule has 0 aliphatic carbocycles. The Kier molecular flexibility index (Phi) is 6.75. The second-order valence-electron chi connectivity index (χ2n) is 8.48. The quantitative estimate of drug-likeness (QED) is 0.299. The molecular weight excluding hydrogens is 508 g/mol. The maximum Gasteiger partial charge on any atom is 0.328 e. The summed E-state index contributed by atoms with van der Waals surface area (Å²) >= 11 is 3.44. The summed E-state index contributed by atoms with van der Waals surface area (Å²) in [5, 5.41) is 6.29. The van der Waals surface area contributed by atoms with E-state index in [-0.39, 0.29) is 5.69 Å². The van der Waals surface area contributed by atoms with Crippen LogP contribution in [0.25, 0.3) is 10.9 Å². The van der Waals surface area contributed by atoms with Gasteiger partial charge in [-0.05, 0) is 86.3 Å². The lowest BCUT2D eigenvalue weighted by atomic mass is 10.1. The van der Waals surface area contributed by atoms with Crippen molar-refractivity contribution in [2.75, 3.05) is 16.1 Å². The largest absolute Gasteiger partial charge is 0.328 e. The van der Waals surface area contributed by atoms with E-state index in [0.29, 0.717) is 16.9 Å². The lowest BCUT2D eigenvalue weighted by molar-refractivity contribution is -0.133. The molecule has 0 atom stereocenters. The molecule has 0 fully saturated rings. The molecule has 0 spiro atoms. The van der Waals surface area contributed by atoms with Gasteiger partial charge in [0.25, 0.3) is 5.91 Å². The fourth-order valence-electron chi connectivity index (χ4n) is 3.75. The van der Waals surface area contributed by atoms with Gasteiger partial charge >= 0.3 is 11.8 Å². The van der Waals surface area contributed by atoms with Crippen molar-refractivity contribution in [1.82, 2.24) is 4.68 Å². The van der Waals surface area contributed by atoms with Crippen LogP contribution in [0.5, 0.6) is 0 Å². The molecule has 4 rings (SSSR count). The Balaban J connectivity index is 1.65. The Hall–Kier alpha value is -3.91. The highest BCUT2D eigenvalue weighted by atomic mass is 79.9. The van der Waals surface area contributed by atoms with Gasteiger partial charge in [0.15, 0.2) is 0 Å². The number of hydrogen-bond acceptors (Lipinski definition) is 3. The van der Waals surface area contributed by atoms with E-state index in [9.17, 15) is 14.4 Å². The zero-order chi connectivity index (χ0) is 25.3. The molecular formula is C27H25BrN4O3. The Morgan fingerprint density at radius 1 is 0.771 bits per heavy atom. The number of anilines is 2. The van der Waals surface area contributed by atoms with Crippen LogP contribution in [0.15, 0.2) is 65.1 Å². The third-order valence-corrected chi connectivity index (χ3v) is 6.40. The van der Waals surface area contributed by atoms with E-state index in [1.165, 1.54) is 4.68 Å². The Bertz CT molecular complexity index is 1490. The van der Waals surface area contributed by atoms with E-state index in [0.717, 1.165) is 32.1 Å². The summed E-state index contributed by atoms with van der Waals surface area (Å²) < 4.78 is 2.16. The lowest BCUT2D eigenvalue weighted by Gasteiger charge is -2.14. The number of halogens is 1. The molecule has 178 valence electrons. The van der Waals surface area contributed by atoms with Gasteiger partial charge in [-0.3, -0.25) is 19.8 Å². The van der Waals surface area contributed by atoms with Crippen LogP contribution in [0.1, 0.15) is 32.7 Å².